The van der Waals surface area contributed by atoms with Gasteiger partial charge in [-0.15, -0.1) is 0 Å². The molecule has 0 saturated carbocycles. The molecule has 0 bridgehead atoms. The Balaban J connectivity index is 1.82. The second-order valence-corrected chi connectivity index (χ2v) is 7.67. The number of hydrogen-bond acceptors (Lipinski definition) is 6. The van der Waals surface area contributed by atoms with Crippen LogP contribution in [0.15, 0.2) is 52.4 Å². The van der Waals surface area contributed by atoms with E-state index in [2.05, 4.69) is 9.98 Å². The van der Waals surface area contributed by atoms with Crippen molar-refractivity contribution in [1.29, 1.82) is 0 Å². The van der Waals surface area contributed by atoms with Crippen LogP contribution in [0.3, 0.4) is 0 Å². The predicted octanol–water partition coefficient (Wildman–Crippen LogP) is 2.82. The van der Waals surface area contributed by atoms with E-state index in [9.17, 15) is 19.5 Å². The van der Waals surface area contributed by atoms with E-state index < -0.39 is 18.4 Å². The molecule has 0 radical (unpaired) electrons. The second-order valence-electron chi connectivity index (χ2n) is 6.69. The molecule has 152 valence electrons. The molecule has 30 heavy (non-hydrogen) atoms. The summed E-state index contributed by atoms with van der Waals surface area (Å²) < 4.78 is 0. The second kappa shape index (κ2) is 7.75. The zero-order chi connectivity index (χ0) is 21.4. The van der Waals surface area contributed by atoms with E-state index in [1.165, 1.54) is 9.80 Å². The van der Waals surface area contributed by atoms with Gasteiger partial charge in [0.2, 0.25) is 0 Å². The van der Waals surface area contributed by atoms with E-state index in [1.807, 2.05) is 26.0 Å². The molecule has 2 aliphatic rings. The lowest BCUT2D eigenvalue weighted by molar-refractivity contribution is -0.136. The zero-order valence-electron chi connectivity index (χ0n) is 16.3. The number of carbonyl (C=O) groups excluding carboxylic acids is 2. The first-order valence-electron chi connectivity index (χ1n) is 9.30. The van der Waals surface area contributed by atoms with Gasteiger partial charge in [0.15, 0.2) is 11.0 Å². The number of aliphatic carboxylic acids is 1. The van der Waals surface area contributed by atoms with Crippen LogP contribution < -0.4 is 4.90 Å². The van der Waals surface area contributed by atoms with Gasteiger partial charge in [-0.2, -0.15) is 0 Å². The molecule has 3 heterocycles. The Hall–Kier alpha value is -3.46. The fourth-order valence-corrected chi connectivity index (χ4v) is 4.54. The molecule has 1 saturated heterocycles. The van der Waals surface area contributed by atoms with Crippen LogP contribution >= 0.6 is 11.8 Å². The van der Waals surface area contributed by atoms with Crippen LogP contribution in [0.1, 0.15) is 18.2 Å². The van der Waals surface area contributed by atoms with E-state index in [0.717, 1.165) is 17.5 Å². The number of anilines is 1. The number of hydrogen-bond donors (Lipinski definition) is 1. The quantitative estimate of drug-likeness (QED) is 0.760. The Kier molecular flexibility index (Phi) is 5.13. The third-order valence-corrected chi connectivity index (χ3v) is 5.78. The standard InChI is InChI=1S/C21H18N4O4S/c1-3-24-20(29)18(30-21(24)23-15-10-6-7-12(2)22-15)17-13-8-4-5-9-14(13)25(19(17)28)11-16(26)27/h4-10H,3,11H2,1-2H3,(H,26,27)/b18-17-,23-21+. The first-order valence-corrected chi connectivity index (χ1v) is 10.1. The van der Waals surface area contributed by atoms with Gasteiger partial charge in [-0.25, -0.2) is 9.98 Å². The van der Waals surface area contributed by atoms with Gasteiger partial charge in [-0.3, -0.25) is 24.2 Å². The van der Waals surface area contributed by atoms with Crippen molar-refractivity contribution in [2.75, 3.05) is 18.0 Å². The molecular weight excluding hydrogens is 404 g/mol. The van der Waals surface area contributed by atoms with Crippen molar-refractivity contribution < 1.29 is 19.5 Å². The fourth-order valence-electron chi connectivity index (χ4n) is 3.40. The summed E-state index contributed by atoms with van der Waals surface area (Å²) in [5, 5.41) is 9.65. The van der Waals surface area contributed by atoms with Crippen molar-refractivity contribution in [3.8, 4) is 0 Å². The number of amidine groups is 1. The molecule has 1 fully saturated rings. The molecule has 0 spiro atoms. The van der Waals surface area contributed by atoms with Gasteiger partial charge >= 0.3 is 5.97 Å². The van der Waals surface area contributed by atoms with Gasteiger partial charge in [-0.05, 0) is 43.8 Å². The van der Waals surface area contributed by atoms with Crippen LogP contribution in [0.25, 0.3) is 5.57 Å². The molecule has 0 aliphatic carbocycles. The summed E-state index contributed by atoms with van der Waals surface area (Å²) in [6, 6.07) is 12.3. The maximum absolute atomic E-state index is 13.1. The highest BCUT2D eigenvalue weighted by Crippen LogP contribution is 2.44. The van der Waals surface area contributed by atoms with Gasteiger partial charge in [-0.1, -0.05) is 24.3 Å². The highest BCUT2D eigenvalue weighted by molar-refractivity contribution is 8.18. The number of thioether (sulfide) groups is 1. The molecule has 0 unspecified atom stereocenters. The molecule has 2 amide bonds. The topological polar surface area (TPSA) is 103 Å². The number of carboxylic acid groups (broad SMARTS) is 1. The van der Waals surface area contributed by atoms with Crippen molar-refractivity contribution >= 4 is 51.8 Å². The van der Waals surface area contributed by atoms with Crippen molar-refractivity contribution in [1.82, 2.24) is 9.88 Å². The van der Waals surface area contributed by atoms with Crippen LogP contribution in [-0.4, -0.2) is 51.0 Å². The summed E-state index contributed by atoms with van der Waals surface area (Å²) in [6.07, 6.45) is 0. The highest BCUT2D eigenvalue weighted by atomic mass is 32.2. The summed E-state index contributed by atoms with van der Waals surface area (Å²) in [6.45, 7) is 3.58. The lowest BCUT2D eigenvalue weighted by Crippen LogP contribution is -2.33. The number of aliphatic imine (C=N–C) groups is 1. The third kappa shape index (κ3) is 3.37. The number of benzene rings is 1. The highest BCUT2D eigenvalue weighted by Gasteiger charge is 2.42. The minimum absolute atomic E-state index is 0.211. The molecule has 1 N–H and O–H groups in total. The normalized spacial score (nSPS) is 19.7. The maximum atomic E-state index is 13.1. The molecule has 4 rings (SSSR count). The van der Waals surface area contributed by atoms with Gasteiger partial charge in [0, 0.05) is 17.8 Å². The first-order chi connectivity index (χ1) is 14.4. The van der Waals surface area contributed by atoms with E-state index >= 15 is 0 Å². The number of likely N-dealkylation sites (N-methyl/N-ethyl adjacent to an activating group) is 1. The lowest BCUT2D eigenvalue weighted by atomic mass is 10.1. The number of amides is 2. The van der Waals surface area contributed by atoms with Crippen LogP contribution in [0, 0.1) is 6.92 Å². The fraction of sp³-hybridized carbons (Fsp3) is 0.190. The monoisotopic (exact) mass is 422 g/mol. The number of para-hydroxylation sites is 1. The molecule has 8 nitrogen and oxygen atoms in total. The van der Waals surface area contributed by atoms with Gasteiger partial charge in [0.1, 0.15) is 6.54 Å². The Bertz CT molecular complexity index is 1140. The number of pyridine rings is 1. The van der Waals surface area contributed by atoms with Crippen LogP contribution in [-0.2, 0) is 14.4 Å². The lowest BCUT2D eigenvalue weighted by Gasteiger charge is -2.13. The largest absolute Gasteiger partial charge is 0.480 e. The maximum Gasteiger partial charge on any atom is 0.323 e. The van der Waals surface area contributed by atoms with Crippen molar-refractivity contribution in [3.05, 3.63) is 58.6 Å². The SMILES string of the molecule is CCN1C(=O)/C(=C2/C(=O)N(CC(=O)O)c3ccccc32)S/C1=N/c1cccc(C)n1. The van der Waals surface area contributed by atoms with Crippen molar-refractivity contribution in [3.63, 3.8) is 0 Å². The Morgan fingerprint density at radius 1 is 1.10 bits per heavy atom. The number of carbonyl (C=O) groups is 3. The van der Waals surface area contributed by atoms with E-state index in [-0.39, 0.29) is 16.4 Å². The van der Waals surface area contributed by atoms with Crippen LogP contribution in [0.5, 0.6) is 0 Å². The Morgan fingerprint density at radius 3 is 2.57 bits per heavy atom. The smallest absolute Gasteiger partial charge is 0.323 e. The number of rotatable bonds is 4. The summed E-state index contributed by atoms with van der Waals surface area (Å²) in [4.78, 5) is 49.3. The Labute approximate surface area is 176 Å². The predicted molar refractivity (Wildman–Crippen MR) is 114 cm³/mol. The summed E-state index contributed by atoms with van der Waals surface area (Å²) >= 11 is 1.11. The van der Waals surface area contributed by atoms with Crippen LogP contribution in [0.4, 0.5) is 11.5 Å². The molecule has 2 aromatic rings. The van der Waals surface area contributed by atoms with E-state index in [1.54, 1.807) is 30.3 Å². The molecule has 0 atom stereocenters. The van der Waals surface area contributed by atoms with Gasteiger partial charge in [0.05, 0.1) is 16.2 Å². The molecule has 1 aromatic carbocycles. The number of carboxylic acids is 1. The van der Waals surface area contributed by atoms with E-state index in [4.69, 9.17) is 0 Å². The number of fused-ring (bicyclic) bond motifs is 1. The van der Waals surface area contributed by atoms with Crippen molar-refractivity contribution in [2.45, 2.75) is 13.8 Å². The summed E-state index contributed by atoms with van der Waals surface area (Å²) in [7, 11) is 0. The van der Waals surface area contributed by atoms with Crippen LogP contribution in [0.2, 0.25) is 0 Å². The average molecular weight is 422 g/mol. The average Bonchev–Trinajstić information content (AvgIpc) is 3.15. The summed E-state index contributed by atoms with van der Waals surface area (Å²) in [5.41, 5.74) is 2.04. The molecule has 1 aromatic heterocycles. The van der Waals surface area contributed by atoms with Gasteiger partial charge < -0.3 is 5.11 Å². The number of nitrogens with zero attached hydrogens (tertiary/aromatic N) is 4. The molecule has 2 aliphatic heterocycles. The minimum atomic E-state index is -1.13. The first kappa shape index (κ1) is 19.8. The van der Waals surface area contributed by atoms with Crippen molar-refractivity contribution in [2.24, 2.45) is 4.99 Å². The number of aromatic nitrogens is 1. The van der Waals surface area contributed by atoms with Gasteiger partial charge in [0.25, 0.3) is 11.8 Å². The Morgan fingerprint density at radius 2 is 1.87 bits per heavy atom. The summed E-state index contributed by atoms with van der Waals surface area (Å²) in [5.74, 6) is -1.48. The zero-order valence-corrected chi connectivity index (χ0v) is 17.1. The van der Waals surface area contributed by atoms with E-state index in [0.29, 0.717) is 28.8 Å². The minimum Gasteiger partial charge on any atom is -0.480 e. The number of aryl methyl sites for hydroxylation is 1. The molecular formula is C21H18N4O4S. The third-order valence-electron chi connectivity index (χ3n) is 4.71. The molecule has 9 heteroatoms.